The smallest absolute Gasteiger partial charge is 0.134 e. The van der Waals surface area contributed by atoms with Crippen LogP contribution in [0.1, 0.15) is 38.9 Å². The number of nitrogens with zero attached hydrogens (tertiary/aromatic N) is 3. The highest BCUT2D eigenvalue weighted by Crippen LogP contribution is 2.22. The van der Waals surface area contributed by atoms with Crippen LogP contribution in [0.3, 0.4) is 0 Å². The average molecular weight is 234 g/mol. The summed E-state index contributed by atoms with van der Waals surface area (Å²) in [5, 5.41) is 0. The number of hydrogen-bond donors (Lipinski definition) is 1. The molecule has 1 unspecified atom stereocenters. The zero-order chi connectivity index (χ0) is 12.3. The van der Waals surface area contributed by atoms with Gasteiger partial charge in [0.15, 0.2) is 0 Å². The standard InChI is InChI=1S/C13H22N4/c1-3-5-12-15-11(14)8-13(16-12)17-7-4-6-10(2)9-17/h8,10H,3-7,9H2,1-2H3,(H2,14,15,16). The molecule has 0 aliphatic carbocycles. The third-order valence-corrected chi connectivity index (χ3v) is 3.23. The molecule has 94 valence electrons. The van der Waals surface area contributed by atoms with Crippen molar-refractivity contribution in [3.63, 3.8) is 0 Å². The van der Waals surface area contributed by atoms with Gasteiger partial charge in [-0.05, 0) is 25.2 Å². The predicted octanol–water partition coefficient (Wildman–Crippen LogP) is 2.25. The minimum Gasteiger partial charge on any atom is -0.384 e. The van der Waals surface area contributed by atoms with Crippen LogP contribution in [0, 0.1) is 5.92 Å². The summed E-state index contributed by atoms with van der Waals surface area (Å²) in [4.78, 5) is 11.2. The van der Waals surface area contributed by atoms with Crippen molar-refractivity contribution in [2.45, 2.75) is 39.5 Å². The molecule has 1 aliphatic rings. The summed E-state index contributed by atoms with van der Waals surface area (Å²) < 4.78 is 0. The third kappa shape index (κ3) is 3.08. The van der Waals surface area contributed by atoms with Crippen LogP contribution in [0.25, 0.3) is 0 Å². The van der Waals surface area contributed by atoms with Gasteiger partial charge in [-0.2, -0.15) is 0 Å². The molecule has 2 N–H and O–H groups in total. The van der Waals surface area contributed by atoms with Gasteiger partial charge in [-0.25, -0.2) is 9.97 Å². The highest BCUT2D eigenvalue weighted by molar-refractivity contribution is 5.47. The van der Waals surface area contributed by atoms with Gasteiger partial charge in [-0.15, -0.1) is 0 Å². The zero-order valence-electron chi connectivity index (χ0n) is 10.8. The molecule has 0 saturated carbocycles. The molecular formula is C13H22N4. The second kappa shape index (κ2) is 5.34. The molecule has 1 fully saturated rings. The Labute approximate surface area is 103 Å². The van der Waals surface area contributed by atoms with Crippen LogP contribution in [0.5, 0.6) is 0 Å². The molecule has 2 rings (SSSR count). The fraction of sp³-hybridized carbons (Fsp3) is 0.692. The van der Waals surface area contributed by atoms with Gasteiger partial charge in [0, 0.05) is 25.6 Å². The van der Waals surface area contributed by atoms with E-state index in [1.807, 2.05) is 6.07 Å². The van der Waals surface area contributed by atoms with E-state index in [1.165, 1.54) is 12.8 Å². The van der Waals surface area contributed by atoms with E-state index in [0.717, 1.165) is 43.5 Å². The molecule has 17 heavy (non-hydrogen) atoms. The average Bonchev–Trinajstić information content (AvgIpc) is 2.28. The van der Waals surface area contributed by atoms with Crippen molar-refractivity contribution in [1.29, 1.82) is 0 Å². The maximum atomic E-state index is 5.85. The van der Waals surface area contributed by atoms with Crippen molar-refractivity contribution < 1.29 is 0 Å². The van der Waals surface area contributed by atoms with Gasteiger partial charge >= 0.3 is 0 Å². The van der Waals surface area contributed by atoms with Crippen molar-refractivity contribution in [3.05, 3.63) is 11.9 Å². The summed E-state index contributed by atoms with van der Waals surface area (Å²) in [6.45, 7) is 6.60. The molecule has 1 atom stereocenters. The van der Waals surface area contributed by atoms with Crippen LogP contribution < -0.4 is 10.6 Å². The molecule has 0 bridgehead atoms. The quantitative estimate of drug-likeness (QED) is 0.871. The molecule has 1 aliphatic heterocycles. The van der Waals surface area contributed by atoms with Gasteiger partial charge in [0.1, 0.15) is 17.5 Å². The minimum absolute atomic E-state index is 0.594. The Morgan fingerprint density at radius 3 is 3.00 bits per heavy atom. The molecule has 0 spiro atoms. The fourth-order valence-electron chi connectivity index (χ4n) is 2.40. The number of rotatable bonds is 3. The summed E-state index contributed by atoms with van der Waals surface area (Å²) in [6, 6.07) is 1.90. The number of hydrogen-bond acceptors (Lipinski definition) is 4. The van der Waals surface area contributed by atoms with E-state index < -0.39 is 0 Å². The lowest BCUT2D eigenvalue weighted by molar-refractivity contribution is 0.444. The van der Waals surface area contributed by atoms with Gasteiger partial charge in [0.25, 0.3) is 0 Å². The molecule has 0 aromatic carbocycles. The van der Waals surface area contributed by atoms with Crippen molar-refractivity contribution in [2.75, 3.05) is 23.7 Å². The Bertz CT molecular complexity index is 378. The number of anilines is 2. The van der Waals surface area contributed by atoms with Crippen LogP contribution in [0.15, 0.2) is 6.07 Å². The highest BCUT2D eigenvalue weighted by Gasteiger charge is 2.18. The van der Waals surface area contributed by atoms with Crippen molar-refractivity contribution in [2.24, 2.45) is 5.92 Å². The molecule has 1 saturated heterocycles. The fourth-order valence-corrected chi connectivity index (χ4v) is 2.40. The lowest BCUT2D eigenvalue weighted by Gasteiger charge is -2.32. The molecule has 4 heteroatoms. The predicted molar refractivity (Wildman–Crippen MR) is 71.1 cm³/mol. The third-order valence-electron chi connectivity index (χ3n) is 3.23. The van der Waals surface area contributed by atoms with E-state index in [4.69, 9.17) is 5.73 Å². The van der Waals surface area contributed by atoms with Crippen molar-refractivity contribution in [1.82, 2.24) is 9.97 Å². The van der Waals surface area contributed by atoms with Gasteiger partial charge in [0.05, 0.1) is 0 Å². The van der Waals surface area contributed by atoms with Crippen molar-refractivity contribution >= 4 is 11.6 Å². The first-order valence-corrected chi connectivity index (χ1v) is 6.57. The molecule has 4 nitrogen and oxygen atoms in total. The Balaban J connectivity index is 2.18. The number of aromatic nitrogens is 2. The summed E-state index contributed by atoms with van der Waals surface area (Å²) in [5.74, 6) is 3.22. The van der Waals surface area contributed by atoms with Crippen LogP contribution in [0.2, 0.25) is 0 Å². The molecule has 1 aromatic rings. The van der Waals surface area contributed by atoms with Gasteiger partial charge < -0.3 is 10.6 Å². The van der Waals surface area contributed by atoms with E-state index in [1.54, 1.807) is 0 Å². The first kappa shape index (κ1) is 12.1. The first-order valence-electron chi connectivity index (χ1n) is 6.57. The lowest BCUT2D eigenvalue weighted by atomic mass is 10.0. The van der Waals surface area contributed by atoms with Crippen LogP contribution in [-0.2, 0) is 6.42 Å². The Morgan fingerprint density at radius 2 is 2.29 bits per heavy atom. The summed E-state index contributed by atoms with van der Waals surface area (Å²) in [6.07, 6.45) is 4.52. The van der Waals surface area contributed by atoms with E-state index in [-0.39, 0.29) is 0 Å². The molecule has 2 heterocycles. The van der Waals surface area contributed by atoms with Crippen LogP contribution in [-0.4, -0.2) is 23.1 Å². The maximum Gasteiger partial charge on any atom is 0.134 e. The Kier molecular flexibility index (Phi) is 3.82. The second-order valence-corrected chi connectivity index (χ2v) is 5.01. The molecule has 1 aromatic heterocycles. The van der Waals surface area contributed by atoms with E-state index in [2.05, 4.69) is 28.7 Å². The van der Waals surface area contributed by atoms with E-state index in [9.17, 15) is 0 Å². The normalized spacial score (nSPS) is 20.6. The van der Waals surface area contributed by atoms with Gasteiger partial charge in [-0.1, -0.05) is 13.8 Å². The highest BCUT2D eigenvalue weighted by atomic mass is 15.2. The molecule has 0 amide bonds. The van der Waals surface area contributed by atoms with Crippen molar-refractivity contribution in [3.8, 4) is 0 Å². The summed E-state index contributed by atoms with van der Waals surface area (Å²) in [5.41, 5.74) is 5.85. The first-order chi connectivity index (χ1) is 8.19. The summed E-state index contributed by atoms with van der Waals surface area (Å²) in [7, 11) is 0. The monoisotopic (exact) mass is 234 g/mol. The van der Waals surface area contributed by atoms with Gasteiger partial charge in [0.2, 0.25) is 0 Å². The Hall–Kier alpha value is -1.32. The topological polar surface area (TPSA) is 55.0 Å². The van der Waals surface area contributed by atoms with Gasteiger partial charge in [-0.3, -0.25) is 0 Å². The minimum atomic E-state index is 0.594. The van der Waals surface area contributed by atoms with Crippen LogP contribution >= 0.6 is 0 Å². The Morgan fingerprint density at radius 1 is 1.47 bits per heavy atom. The number of nitrogen functional groups attached to an aromatic ring is 1. The summed E-state index contributed by atoms with van der Waals surface area (Å²) >= 11 is 0. The SMILES string of the molecule is CCCc1nc(N)cc(N2CCCC(C)C2)n1. The second-order valence-electron chi connectivity index (χ2n) is 5.01. The zero-order valence-corrected chi connectivity index (χ0v) is 10.8. The number of aryl methyl sites for hydroxylation is 1. The van der Waals surface area contributed by atoms with E-state index >= 15 is 0 Å². The molecular weight excluding hydrogens is 212 g/mol. The largest absolute Gasteiger partial charge is 0.384 e. The maximum absolute atomic E-state index is 5.85. The molecule has 0 radical (unpaired) electrons. The number of nitrogens with two attached hydrogens (primary N) is 1. The lowest BCUT2D eigenvalue weighted by Crippen LogP contribution is -2.35. The number of piperidine rings is 1. The van der Waals surface area contributed by atoms with Crippen LogP contribution in [0.4, 0.5) is 11.6 Å². The van der Waals surface area contributed by atoms with E-state index in [0.29, 0.717) is 5.82 Å².